The van der Waals surface area contributed by atoms with Crippen molar-refractivity contribution >= 4 is 17.1 Å². The van der Waals surface area contributed by atoms with Crippen molar-refractivity contribution in [2.45, 2.75) is 0 Å². The van der Waals surface area contributed by atoms with E-state index in [1.165, 1.54) is 0 Å². The smallest absolute Gasteiger partial charge is 0.0462 e. The molecule has 3 heterocycles. The van der Waals surface area contributed by atoms with Crippen molar-refractivity contribution in [1.82, 2.24) is 15.0 Å². The molecule has 4 nitrogen and oxygen atoms in total. The van der Waals surface area contributed by atoms with E-state index in [1.54, 1.807) is 18.6 Å². The number of nitrogens with zero attached hydrogens (tertiary/aromatic N) is 4. The molecule has 0 aliphatic rings. The highest BCUT2D eigenvalue weighted by molar-refractivity contribution is 5.80. The summed E-state index contributed by atoms with van der Waals surface area (Å²) >= 11 is 0. The average molecular weight is 477 g/mol. The summed E-state index contributed by atoms with van der Waals surface area (Å²) in [6, 6.07) is 37.9. The first-order valence-electron chi connectivity index (χ1n) is 12.2. The molecule has 0 unspecified atom stereocenters. The van der Waals surface area contributed by atoms with E-state index in [0.717, 1.165) is 50.4 Å². The Balaban J connectivity index is 1.38. The van der Waals surface area contributed by atoms with E-state index in [4.69, 9.17) is 0 Å². The maximum atomic E-state index is 4.26. The largest absolute Gasteiger partial charge is 0.311 e. The maximum Gasteiger partial charge on any atom is 0.0462 e. The summed E-state index contributed by atoms with van der Waals surface area (Å²) in [5.74, 6) is 0. The summed E-state index contributed by atoms with van der Waals surface area (Å²) in [5.41, 5.74) is 9.94. The minimum atomic E-state index is 1.08. The average Bonchev–Trinajstić information content (AvgIpc) is 3.00. The molecule has 0 spiro atoms. The fraction of sp³-hybridized carbons (Fsp3) is 0. The first-order chi connectivity index (χ1) is 18.3. The van der Waals surface area contributed by atoms with Crippen molar-refractivity contribution in [3.8, 4) is 33.4 Å². The van der Waals surface area contributed by atoms with Crippen LogP contribution >= 0.6 is 0 Å². The van der Waals surface area contributed by atoms with E-state index in [9.17, 15) is 0 Å². The van der Waals surface area contributed by atoms with Crippen molar-refractivity contribution in [2.75, 3.05) is 4.90 Å². The second kappa shape index (κ2) is 10.3. The van der Waals surface area contributed by atoms with Crippen LogP contribution < -0.4 is 4.90 Å². The van der Waals surface area contributed by atoms with Gasteiger partial charge in [0.1, 0.15) is 0 Å². The Kier molecular flexibility index (Phi) is 6.21. The third kappa shape index (κ3) is 4.86. The summed E-state index contributed by atoms with van der Waals surface area (Å²) < 4.78 is 0. The Labute approximate surface area is 216 Å². The van der Waals surface area contributed by atoms with Crippen LogP contribution in [0.2, 0.25) is 0 Å². The fourth-order valence-corrected chi connectivity index (χ4v) is 4.46. The molecule has 0 saturated carbocycles. The lowest BCUT2D eigenvalue weighted by Crippen LogP contribution is -2.09. The first kappa shape index (κ1) is 22.4. The molecule has 0 bridgehead atoms. The highest BCUT2D eigenvalue weighted by Crippen LogP contribution is 2.37. The molecule has 37 heavy (non-hydrogen) atoms. The third-order valence-electron chi connectivity index (χ3n) is 6.36. The lowest BCUT2D eigenvalue weighted by atomic mass is 10.0. The van der Waals surface area contributed by atoms with Gasteiger partial charge in [0.15, 0.2) is 0 Å². The van der Waals surface area contributed by atoms with Crippen LogP contribution in [0.1, 0.15) is 0 Å². The Morgan fingerprint density at radius 3 is 0.865 bits per heavy atom. The predicted molar refractivity (Wildman–Crippen MR) is 151 cm³/mol. The fourth-order valence-electron chi connectivity index (χ4n) is 4.46. The molecular weight excluding hydrogens is 452 g/mol. The van der Waals surface area contributed by atoms with Crippen LogP contribution in [-0.4, -0.2) is 15.0 Å². The Morgan fingerprint density at radius 2 is 0.622 bits per heavy atom. The van der Waals surface area contributed by atoms with Crippen molar-refractivity contribution in [1.29, 1.82) is 0 Å². The van der Waals surface area contributed by atoms with Gasteiger partial charge in [0.05, 0.1) is 0 Å². The molecule has 0 saturated heterocycles. The van der Waals surface area contributed by atoms with Crippen LogP contribution in [0.15, 0.2) is 146 Å². The van der Waals surface area contributed by atoms with E-state index in [2.05, 4.69) is 111 Å². The zero-order valence-electron chi connectivity index (χ0n) is 20.1. The SMILES string of the molecule is c1cncc(-c2ccc(N(c3ccc(-c4cccnc4)cc3)c3ccc(-c4cccnc4)cc3)cc2)c1. The van der Waals surface area contributed by atoms with Gasteiger partial charge in [-0.25, -0.2) is 0 Å². The van der Waals surface area contributed by atoms with Crippen LogP contribution in [0.3, 0.4) is 0 Å². The highest BCUT2D eigenvalue weighted by atomic mass is 15.1. The number of anilines is 3. The van der Waals surface area contributed by atoms with E-state index in [0.29, 0.717) is 0 Å². The molecule has 0 N–H and O–H groups in total. The molecule has 3 aromatic heterocycles. The Hall–Kier alpha value is -5.09. The maximum absolute atomic E-state index is 4.26. The molecule has 176 valence electrons. The van der Waals surface area contributed by atoms with Crippen LogP contribution in [0.25, 0.3) is 33.4 Å². The van der Waals surface area contributed by atoms with Gasteiger partial charge in [-0.3, -0.25) is 15.0 Å². The molecule has 0 aliphatic carbocycles. The van der Waals surface area contributed by atoms with Gasteiger partial charge >= 0.3 is 0 Å². The number of rotatable bonds is 6. The first-order valence-corrected chi connectivity index (χ1v) is 12.2. The van der Waals surface area contributed by atoms with Gasteiger partial charge in [-0.15, -0.1) is 0 Å². The van der Waals surface area contributed by atoms with Crippen LogP contribution in [0.5, 0.6) is 0 Å². The van der Waals surface area contributed by atoms with Gasteiger partial charge < -0.3 is 4.90 Å². The monoisotopic (exact) mass is 476 g/mol. The van der Waals surface area contributed by atoms with E-state index >= 15 is 0 Å². The van der Waals surface area contributed by atoms with Crippen molar-refractivity contribution < 1.29 is 0 Å². The normalized spacial score (nSPS) is 10.7. The van der Waals surface area contributed by atoms with Gasteiger partial charge in [0.25, 0.3) is 0 Å². The number of pyridine rings is 3. The molecule has 6 rings (SSSR count). The summed E-state index contributed by atoms with van der Waals surface area (Å²) in [5, 5.41) is 0. The topological polar surface area (TPSA) is 41.9 Å². The molecule has 4 heteroatoms. The van der Waals surface area contributed by atoms with Crippen molar-refractivity contribution in [3.05, 3.63) is 146 Å². The van der Waals surface area contributed by atoms with Gasteiger partial charge in [0.2, 0.25) is 0 Å². The minimum absolute atomic E-state index is 1.08. The summed E-state index contributed by atoms with van der Waals surface area (Å²) in [4.78, 5) is 15.1. The van der Waals surface area contributed by atoms with Gasteiger partial charge in [-0.05, 0) is 88.0 Å². The van der Waals surface area contributed by atoms with Crippen LogP contribution in [0, 0.1) is 0 Å². The van der Waals surface area contributed by atoms with E-state index < -0.39 is 0 Å². The van der Waals surface area contributed by atoms with Crippen LogP contribution in [0.4, 0.5) is 17.1 Å². The zero-order chi connectivity index (χ0) is 24.9. The number of benzene rings is 3. The van der Waals surface area contributed by atoms with E-state index in [1.807, 2.05) is 36.8 Å². The van der Waals surface area contributed by atoms with Crippen LogP contribution in [-0.2, 0) is 0 Å². The molecule has 0 amide bonds. The van der Waals surface area contributed by atoms with Gasteiger partial charge in [0, 0.05) is 54.2 Å². The van der Waals surface area contributed by atoms with Crippen molar-refractivity contribution in [3.63, 3.8) is 0 Å². The zero-order valence-corrected chi connectivity index (χ0v) is 20.1. The number of hydrogen-bond donors (Lipinski definition) is 0. The minimum Gasteiger partial charge on any atom is -0.311 e. The second-order valence-electron chi connectivity index (χ2n) is 8.70. The molecular formula is C33H24N4. The summed E-state index contributed by atoms with van der Waals surface area (Å²) in [6.07, 6.45) is 11.1. The summed E-state index contributed by atoms with van der Waals surface area (Å²) in [7, 11) is 0. The van der Waals surface area contributed by atoms with E-state index in [-0.39, 0.29) is 0 Å². The van der Waals surface area contributed by atoms with Gasteiger partial charge in [-0.1, -0.05) is 54.6 Å². The standard InChI is InChI=1S/C33H24N4/c1-4-28(22-34-19-1)25-7-13-31(14-8-25)37(32-15-9-26(10-16-32)29-5-2-20-35-23-29)33-17-11-27(12-18-33)30-6-3-21-36-24-30/h1-24H. The van der Waals surface area contributed by atoms with Gasteiger partial charge in [-0.2, -0.15) is 0 Å². The lowest BCUT2D eigenvalue weighted by molar-refractivity contribution is 1.28. The Morgan fingerprint density at radius 1 is 0.324 bits per heavy atom. The number of hydrogen-bond acceptors (Lipinski definition) is 4. The quantitative estimate of drug-likeness (QED) is 0.242. The molecule has 0 aliphatic heterocycles. The number of aromatic nitrogens is 3. The lowest BCUT2D eigenvalue weighted by Gasteiger charge is -2.26. The molecule has 0 radical (unpaired) electrons. The summed E-state index contributed by atoms with van der Waals surface area (Å²) in [6.45, 7) is 0. The third-order valence-corrected chi connectivity index (χ3v) is 6.36. The highest BCUT2D eigenvalue weighted by Gasteiger charge is 2.14. The molecule has 3 aromatic carbocycles. The molecule has 0 fully saturated rings. The second-order valence-corrected chi connectivity index (χ2v) is 8.70. The van der Waals surface area contributed by atoms with Crippen molar-refractivity contribution in [2.24, 2.45) is 0 Å². The Bertz CT molecular complexity index is 1370. The molecule has 6 aromatic rings. The predicted octanol–water partition coefficient (Wildman–Crippen LogP) is 8.34. The molecule has 0 atom stereocenters.